The van der Waals surface area contributed by atoms with E-state index in [1.54, 1.807) is 44.0 Å². The van der Waals surface area contributed by atoms with Gasteiger partial charge in [-0.15, -0.1) is 0 Å². The van der Waals surface area contributed by atoms with Gasteiger partial charge in [0.1, 0.15) is 0 Å². The molecule has 0 aromatic rings. The number of nitrogens with zero attached hydrogens (tertiary/aromatic N) is 3. The van der Waals surface area contributed by atoms with Crippen molar-refractivity contribution in [2.45, 2.75) is 33.7 Å². The summed E-state index contributed by atoms with van der Waals surface area (Å²) < 4.78 is 4.80. The maximum Gasteiger partial charge on any atom is 0.379 e. The van der Waals surface area contributed by atoms with Crippen LogP contribution in [0.25, 0.3) is 0 Å². The fraction of sp³-hybridized carbons (Fsp3) is 0.400. The van der Waals surface area contributed by atoms with E-state index in [2.05, 4.69) is 11.2 Å². The van der Waals surface area contributed by atoms with Crippen molar-refractivity contribution >= 4 is 29.1 Å². The van der Waals surface area contributed by atoms with Crippen molar-refractivity contribution in [3.8, 4) is 6.07 Å². The van der Waals surface area contributed by atoms with Crippen LogP contribution in [0, 0.1) is 17.2 Å². The maximum atomic E-state index is 12.3. The second-order valence-electron chi connectivity index (χ2n) is 6.24. The average molecular weight is 388 g/mol. The molecule has 0 radical (unpaired) electrons. The summed E-state index contributed by atoms with van der Waals surface area (Å²) in [6.45, 7) is 7.54. The molecular weight excluding hydrogens is 366 g/mol. The van der Waals surface area contributed by atoms with Crippen LogP contribution in [0.4, 0.5) is 0 Å². The van der Waals surface area contributed by atoms with Crippen LogP contribution in [0.3, 0.4) is 0 Å². The molecule has 1 aliphatic heterocycles. The van der Waals surface area contributed by atoms with Crippen LogP contribution in [-0.2, 0) is 14.3 Å². The second kappa shape index (κ2) is 8.83. The molecule has 2 atom stereocenters. The summed E-state index contributed by atoms with van der Waals surface area (Å²) in [4.78, 5) is 24.0. The summed E-state index contributed by atoms with van der Waals surface area (Å²) in [7, 11) is 0. The zero-order valence-electron chi connectivity index (χ0n) is 15.8. The molecule has 0 saturated heterocycles. The first-order valence-electron chi connectivity index (χ1n) is 8.69. The standard InChI is InChI=1S/C20H22ClN3O3/c1-5-17(21)16(12(3)10-22)11-24-18-9-14(19(25)20(26)27-6-2)7-8-15(18)13(4)23-24/h5,7-9,15,18H,6,11H2,1-4H3/b16-12+,17-5+. The quantitative estimate of drug-likeness (QED) is 0.302. The number of hydrazone groups is 1. The lowest BCUT2D eigenvalue weighted by Crippen LogP contribution is -2.35. The van der Waals surface area contributed by atoms with Gasteiger partial charge in [-0.3, -0.25) is 9.80 Å². The van der Waals surface area contributed by atoms with E-state index in [-0.39, 0.29) is 24.1 Å². The first kappa shape index (κ1) is 20.7. The Kier molecular flexibility index (Phi) is 6.75. The van der Waals surface area contributed by atoms with E-state index in [9.17, 15) is 14.9 Å². The van der Waals surface area contributed by atoms with E-state index in [1.165, 1.54) is 0 Å². The molecule has 2 unspecified atom stereocenters. The second-order valence-corrected chi connectivity index (χ2v) is 6.65. The van der Waals surface area contributed by atoms with E-state index in [4.69, 9.17) is 16.3 Å². The molecule has 0 spiro atoms. The van der Waals surface area contributed by atoms with Gasteiger partial charge in [0, 0.05) is 33.4 Å². The number of Topliss-reactive ketones (excluding diaryl/α,β-unsaturated/α-hetero) is 1. The number of ether oxygens (including phenoxy) is 1. The lowest BCUT2D eigenvalue weighted by molar-refractivity contribution is -0.151. The molecule has 142 valence electrons. The summed E-state index contributed by atoms with van der Waals surface area (Å²) >= 11 is 6.28. The SMILES string of the molecule is C/C=C(Cl)\C(CN1N=C(C)C2C=CC(C(=O)C(=O)OCC)=CC21)=C(/C)C#N. The number of allylic oxidation sites excluding steroid dienone is 3. The zero-order chi connectivity index (χ0) is 20.1. The van der Waals surface area contributed by atoms with E-state index in [0.29, 0.717) is 22.7 Å². The van der Waals surface area contributed by atoms with E-state index in [1.807, 2.05) is 13.0 Å². The third-order valence-electron chi connectivity index (χ3n) is 4.52. The Morgan fingerprint density at radius 3 is 2.78 bits per heavy atom. The fourth-order valence-corrected chi connectivity index (χ4v) is 3.24. The number of esters is 1. The minimum absolute atomic E-state index is 0.00299. The van der Waals surface area contributed by atoms with Crippen molar-refractivity contribution in [1.82, 2.24) is 5.01 Å². The molecule has 27 heavy (non-hydrogen) atoms. The molecule has 0 saturated carbocycles. The lowest BCUT2D eigenvalue weighted by Gasteiger charge is -2.28. The van der Waals surface area contributed by atoms with Gasteiger partial charge in [0.2, 0.25) is 0 Å². The van der Waals surface area contributed by atoms with Gasteiger partial charge < -0.3 is 4.74 Å². The van der Waals surface area contributed by atoms with Crippen LogP contribution < -0.4 is 0 Å². The number of halogens is 1. The molecule has 2 rings (SSSR count). The molecule has 7 heteroatoms. The monoisotopic (exact) mass is 387 g/mol. The Balaban J connectivity index is 2.32. The molecule has 0 amide bonds. The summed E-state index contributed by atoms with van der Waals surface area (Å²) in [5, 5.41) is 16.1. The van der Waals surface area contributed by atoms with Crippen LogP contribution in [-0.4, -0.2) is 41.7 Å². The average Bonchev–Trinajstić information content (AvgIpc) is 2.99. The molecule has 0 aromatic carbocycles. The van der Waals surface area contributed by atoms with Crippen LogP contribution in [0.2, 0.25) is 0 Å². The summed E-state index contributed by atoms with van der Waals surface area (Å²) in [6.07, 6.45) is 6.97. The van der Waals surface area contributed by atoms with Crippen molar-refractivity contribution in [1.29, 1.82) is 5.26 Å². The largest absolute Gasteiger partial charge is 0.460 e. The van der Waals surface area contributed by atoms with Gasteiger partial charge in [0.25, 0.3) is 5.78 Å². The molecular formula is C20H22ClN3O3. The maximum absolute atomic E-state index is 12.3. The minimum Gasteiger partial charge on any atom is -0.460 e. The van der Waals surface area contributed by atoms with Crippen molar-refractivity contribution in [2.24, 2.45) is 11.0 Å². The number of carbonyl (C=O) groups excluding carboxylic acids is 2. The normalized spacial score (nSPS) is 22.4. The van der Waals surface area contributed by atoms with Gasteiger partial charge >= 0.3 is 5.97 Å². The van der Waals surface area contributed by atoms with E-state index >= 15 is 0 Å². The van der Waals surface area contributed by atoms with Gasteiger partial charge in [0.15, 0.2) is 0 Å². The Labute approximate surface area is 164 Å². The Hall–Kier alpha value is -2.65. The molecule has 1 heterocycles. The van der Waals surface area contributed by atoms with Crippen molar-refractivity contribution in [3.05, 3.63) is 46.1 Å². The van der Waals surface area contributed by atoms with Crippen LogP contribution >= 0.6 is 11.6 Å². The van der Waals surface area contributed by atoms with Gasteiger partial charge in [-0.25, -0.2) is 4.79 Å². The number of fused-ring (bicyclic) bond motifs is 1. The Morgan fingerprint density at radius 2 is 2.19 bits per heavy atom. The summed E-state index contributed by atoms with van der Waals surface area (Å²) in [5.74, 6) is -1.55. The highest BCUT2D eigenvalue weighted by molar-refractivity contribution is 6.41. The third-order valence-corrected chi connectivity index (χ3v) is 4.97. The number of hydrogen-bond donors (Lipinski definition) is 0. The van der Waals surface area contributed by atoms with Gasteiger partial charge in [-0.1, -0.05) is 29.8 Å². The molecule has 2 aliphatic rings. The first-order chi connectivity index (χ1) is 12.8. The zero-order valence-corrected chi connectivity index (χ0v) is 16.6. The topological polar surface area (TPSA) is 82.8 Å². The number of carbonyl (C=O) groups is 2. The fourth-order valence-electron chi connectivity index (χ4n) is 3.04. The van der Waals surface area contributed by atoms with Gasteiger partial charge in [0.05, 0.1) is 25.3 Å². The number of hydrogen-bond acceptors (Lipinski definition) is 6. The van der Waals surface area contributed by atoms with Gasteiger partial charge in [-0.2, -0.15) is 10.4 Å². The van der Waals surface area contributed by atoms with Crippen molar-refractivity contribution < 1.29 is 14.3 Å². The highest BCUT2D eigenvalue weighted by Crippen LogP contribution is 2.32. The van der Waals surface area contributed by atoms with Crippen LogP contribution in [0.15, 0.2) is 51.2 Å². The Bertz CT molecular complexity index is 843. The third kappa shape index (κ3) is 4.37. The molecule has 0 fully saturated rings. The van der Waals surface area contributed by atoms with E-state index in [0.717, 1.165) is 5.71 Å². The predicted octanol–water partition coefficient (Wildman–Crippen LogP) is 3.27. The van der Waals surface area contributed by atoms with E-state index < -0.39 is 11.8 Å². The minimum atomic E-state index is -0.869. The van der Waals surface area contributed by atoms with Crippen LogP contribution in [0.5, 0.6) is 0 Å². The molecule has 0 aromatic heterocycles. The number of nitriles is 1. The highest BCUT2D eigenvalue weighted by atomic mass is 35.5. The molecule has 1 aliphatic carbocycles. The highest BCUT2D eigenvalue weighted by Gasteiger charge is 2.36. The molecule has 6 nitrogen and oxygen atoms in total. The molecule has 0 bridgehead atoms. The van der Waals surface area contributed by atoms with Crippen LogP contribution in [0.1, 0.15) is 27.7 Å². The lowest BCUT2D eigenvalue weighted by atomic mass is 9.88. The first-order valence-corrected chi connectivity index (χ1v) is 9.07. The Morgan fingerprint density at radius 1 is 1.48 bits per heavy atom. The number of ketones is 1. The summed E-state index contributed by atoms with van der Waals surface area (Å²) in [6, 6.07) is 1.90. The summed E-state index contributed by atoms with van der Waals surface area (Å²) in [5.41, 5.74) is 2.36. The smallest absolute Gasteiger partial charge is 0.379 e. The number of rotatable bonds is 6. The van der Waals surface area contributed by atoms with Gasteiger partial charge in [-0.05, 0) is 33.8 Å². The molecule has 0 N–H and O–H groups in total. The van der Waals surface area contributed by atoms with Crippen molar-refractivity contribution in [3.63, 3.8) is 0 Å². The predicted molar refractivity (Wildman–Crippen MR) is 104 cm³/mol. The van der Waals surface area contributed by atoms with Crippen molar-refractivity contribution in [2.75, 3.05) is 13.2 Å².